The SMILES string of the molecule is CNC(CCC1CCCC1)NC1CO1. The van der Waals surface area contributed by atoms with E-state index in [2.05, 4.69) is 10.6 Å². The molecular weight excluding hydrogens is 176 g/mol. The van der Waals surface area contributed by atoms with Crippen molar-refractivity contribution in [3.8, 4) is 0 Å². The van der Waals surface area contributed by atoms with Crippen LogP contribution in [0.2, 0.25) is 0 Å². The van der Waals surface area contributed by atoms with Gasteiger partial charge < -0.3 is 10.1 Å². The van der Waals surface area contributed by atoms with E-state index in [0.29, 0.717) is 12.4 Å². The minimum Gasteiger partial charge on any atom is -0.357 e. The topological polar surface area (TPSA) is 36.6 Å². The number of hydrogen-bond donors (Lipinski definition) is 2. The van der Waals surface area contributed by atoms with E-state index in [4.69, 9.17) is 4.74 Å². The fourth-order valence-electron chi connectivity index (χ4n) is 2.38. The first kappa shape index (κ1) is 10.4. The highest BCUT2D eigenvalue weighted by Crippen LogP contribution is 2.28. The van der Waals surface area contributed by atoms with E-state index in [1.807, 2.05) is 7.05 Å². The maximum atomic E-state index is 5.16. The third kappa shape index (κ3) is 3.23. The van der Waals surface area contributed by atoms with E-state index in [0.717, 1.165) is 12.5 Å². The van der Waals surface area contributed by atoms with Crippen molar-refractivity contribution < 1.29 is 4.74 Å². The van der Waals surface area contributed by atoms with Crippen LogP contribution < -0.4 is 10.6 Å². The molecule has 0 aromatic rings. The largest absolute Gasteiger partial charge is 0.357 e. The van der Waals surface area contributed by atoms with Gasteiger partial charge in [-0.3, -0.25) is 5.32 Å². The summed E-state index contributed by atoms with van der Waals surface area (Å²) >= 11 is 0. The predicted molar refractivity (Wildman–Crippen MR) is 56.9 cm³/mol. The van der Waals surface area contributed by atoms with Crippen LogP contribution >= 0.6 is 0 Å². The van der Waals surface area contributed by atoms with Gasteiger partial charge in [0.1, 0.15) is 6.23 Å². The molecule has 82 valence electrons. The maximum Gasteiger partial charge on any atom is 0.133 e. The average Bonchev–Trinajstić information content (AvgIpc) is 2.86. The summed E-state index contributed by atoms with van der Waals surface area (Å²) in [6.45, 7) is 0.890. The Labute approximate surface area is 86.6 Å². The van der Waals surface area contributed by atoms with Crippen LogP contribution in [0.4, 0.5) is 0 Å². The molecule has 2 aliphatic rings. The van der Waals surface area contributed by atoms with Crippen LogP contribution in [0.25, 0.3) is 0 Å². The Balaban J connectivity index is 1.60. The van der Waals surface area contributed by atoms with Crippen LogP contribution in [-0.2, 0) is 4.74 Å². The van der Waals surface area contributed by atoms with Crippen molar-refractivity contribution in [1.29, 1.82) is 0 Å². The molecule has 2 fully saturated rings. The van der Waals surface area contributed by atoms with Gasteiger partial charge in [0.25, 0.3) is 0 Å². The molecule has 0 radical (unpaired) electrons. The third-order valence-corrected chi connectivity index (χ3v) is 3.41. The first-order valence-corrected chi connectivity index (χ1v) is 5.93. The summed E-state index contributed by atoms with van der Waals surface area (Å²) in [4.78, 5) is 0. The second kappa shape index (κ2) is 5.10. The molecule has 1 aliphatic carbocycles. The van der Waals surface area contributed by atoms with Crippen LogP contribution in [0.3, 0.4) is 0 Å². The van der Waals surface area contributed by atoms with E-state index >= 15 is 0 Å². The van der Waals surface area contributed by atoms with Crippen LogP contribution in [0.5, 0.6) is 0 Å². The Bertz CT molecular complexity index is 165. The molecule has 3 nitrogen and oxygen atoms in total. The lowest BCUT2D eigenvalue weighted by atomic mass is 10.0. The van der Waals surface area contributed by atoms with Gasteiger partial charge in [0, 0.05) is 0 Å². The monoisotopic (exact) mass is 198 g/mol. The standard InChI is InChI=1S/C11H22N2O/c1-12-10(13-11-8-14-11)7-6-9-4-2-3-5-9/h9-13H,2-8H2,1H3. The predicted octanol–water partition coefficient (Wildman–Crippen LogP) is 1.45. The molecule has 0 aromatic heterocycles. The highest BCUT2D eigenvalue weighted by Gasteiger charge is 2.25. The van der Waals surface area contributed by atoms with Gasteiger partial charge in [-0.1, -0.05) is 25.7 Å². The van der Waals surface area contributed by atoms with Gasteiger partial charge in [-0.15, -0.1) is 0 Å². The van der Waals surface area contributed by atoms with Crippen molar-refractivity contribution in [2.75, 3.05) is 13.7 Å². The quantitative estimate of drug-likeness (QED) is 0.501. The highest BCUT2D eigenvalue weighted by molar-refractivity contribution is 4.75. The lowest BCUT2D eigenvalue weighted by molar-refractivity contribution is 0.301. The van der Waals surface area contributed by atoms with Gasteiger partial charge in [0.2, 0.25) is 0 Å². The number of ether oxygens (including phenoxy) is 1. The summed E-state index contributed by atoms with van der Waals surface area (Å²) in [6, 6.07) is 0. The second-order valence-electron chi connectivity index (χ2n) is 4.56. The molecule has 1 saturated carbocycles. The van der Waals surface area contributed by atoms with Crippen LogP contribution in [0, 0.1) is 5.92 Å². The van der Waals surface area contributed by atoms with Crippen molar-refractivity contribution >= 4 is 0 Å². The van der Waals surface area contributed by atoms with Gasteiger partial charge in [0.15, 0.2) is 0 Å². The molecule has 0 bridgehead atoms. The number of rotatable bonds is 6. The Kier molecular flexibility index (Phi) is 3.79. The number of epoxide rings is 1. The molecule has 1 heterocycles. The zero-order valence-corrected chi connectivity index (χ0v) is 9.09. The van der Waals surface area contributed by atoms with Crippen molar-refractivity contribution in [2.24, 2.45) is 5.92 Å². The fraction of sp³-hybridized carbons (Fsp3) is 1.00. The Morgan fingerprint density at radius 2 is 2.07 bits per heavy atom. The molecule has 14 heavy (non-hydrogen) atoms. The first-order chi connectivity index (χ1) is 6.88. The minimum atomic E-state index is 0.330. The number of hydrogen-bond acceptors (Lipinski definition) is 3. The lowest BCUT2D eigenvalue weighted by Gasteiger charge is -2.18. The van der Waals surface area contributed by atoms with E-state index in [1.165, 1.54) is 38.5 Å². The van der Waals surface area contributed by atoms with Crippen molar-refractivity contribution in [2.45, 2.75) is 50.9 Å². The van der Waals surface area contributed by atoms with E-state index in [-0.39, 0.29) is 0 Å². The lowest BCUT2D eigenvalue weighted by Crippen LogP contribution is -2.42. The summed E-state index contributed by atoms with van der Waals surface area (Å²) in [5.74, 6) is 0.993. The molecule has 2 rings (SSSR count). The highest BCUT2D eigenvalue weighted by atomic mass is 16.6. The maximum absolute atomic E-state index is 5.16. The van der Waals surface area contributed by atoms with Gasteiger partial charge in [0.05, 0.1) is 12.8 Å². The van der Waals surface area contributed by atoms with E-state index < -0.39 is 0 Å². The van der Waals surface area contributed by atoms with Crippen LogP contribution in [-0.4, -0.2) is 26.0 Å². The van der Waals surface area contributed by atoms with Gasteiger partial charge >= 0.3 is 0 Å². The molecule has 2 atom stereocenters. The third-order valence-electron chi connectivity index (χ3n) is 3.41. The normalized spacial score (nSPS) is 29.4. The van der Waals surface area contributed by atoms with E-state index in [9.17, 15) is 0 Å². The summed E-state index contributed by atoms with van der Waals surface area (Å²) in [5, 5.41) is 6.74. The average molecular weight is 198 g/mol. The minimum absolute atomic E-state index is 0.330. The Hall–Kier alpha value is -0.120. The zero-order valence-electron chi connectivity index (χ0n) is 9.09. The van der Waals surface area contributed by atoms with Crippen LogP contribution in [0.1, 0.15) is 38.5 Å². The van der Waals surface area contributed by atoms with Gasteiger partial charge in [-0.05, 0) is 25.8 Å². The fourth-order valence-corrected chi connectivity index (χ4v) is 2.38. The molecule has 1 saturated heterocycles. The Morgan fingerprint density at radius 3 is 2.64 bits per heavy atom. The first-order valence-electron chi connectivity index (χ1n) is 5.93. The van der Waals surface area contributed by atoms with Crippen molar-refractivity contribution in [1.82, 2.24) is 10.6 Å². The summed E-state index contributed by atoms with van der Waals surface area (Å²) in [6.07, 6.45) is 9.19. The zero-order chi connectivity index (χ0) is 9.80. The molecule has 0 aromatic carbocycles. The molecule has 3 heteroatoms. The smallest absolute Gasteiger partial charge is 0.133 e. The molecule has 0 spiro atoms. The molecule has 2 unspecified atom stereocenters. The van der Waals surface area contributed by atoms with E-state index in [1.54, 1.807) is 0 Å². The van der Waals surface area contributed by atoms with Crippen molar-refractivity contribution in [3.63, 3.8) is 0 Å². The second-order valence-corrected chi connectivity index (χ2v) is 4.56. The Morgan fingerprint density at radius 1 is 1.36 bits per heavy atom. The summed E-state index contributed by atoms with van der Waals surface area (Å²) in [7, 11) is 2.02. The molecule has 0 amide bonds. The molecule has 2 N–H and O–H groups in total. The van der Waals surface area contributed by atoms with Crippen molar-refractivity contribution in [3.05, 3.63) is 0 Å². The van der Waals surface area contributed by atoms with Gasteiger partial charge in [-0.2, -0.15) is 0 Å². The summed E-state index contributed by atoms with van der Waals surface area (Å²) < 4.78 is 5.16. The molecule has 1 aliphatic heterocycles. The van der Waals surface area contributed by atoms with Crippen LogP contribution in [0.15, 0.2) is 0 Å². The summed E-state index contributed by atoms with van der Waals surface area (Å²) in [5.41, 5.74) is 0. The van der Waals surface area contributed by atoms with Gasteiger partial charge in [-0.25, -0.2) is 0 Å². The molecular formula is C11H22N2O. The number of nitrogens with one attached hydrogen (secondary N) is 2.